The van der Waals surface area contributed by atoms with Gasteiger partial charge < -0.3 is 5.32 Å². The van der Waals surface area contributed by atoms with E-state index in [9.17, 15) is 18.0 Å². The normalized spacial score (nSPS) is 11.4. The molecule has 0 saturated heterocycles. The molecular formula is C14H16ClN5O4S3. The van der Waals surface area contributed by atoms with Crippen molar-refractivity contribution in [3.8, 4) is 0 Å². The van der Waals surface area contributed by atoms with Gasteiger partial charge in [-0.25, -0.2) is 8.42 Å². The van der Waals surface area contributed by atoms with E-state index >= 15 is 0 Å². The maximum absolute atomic E-state index is 11.9. The Bertz CT molecular complexity index is 917. The summed E-state index contributed by atoms with van der Waals surface area (Å²) in [6.45, 7) is -0.329. The van der Waals surface area contributed by atoms with Crippen LogP contribution in [0.3, 0.4) is 0 Å². The summed E-state index contributed by atoms with van der Waals surface area (Å²) in [7, 11) is -2.15. The van der Waals surface area contributed by atoms with Crippen LogP contribution in [0.4, 0.5) is 10.8 Å². The molecule has 2 amide bonds. The van der Waals surface area contributed by atoms with Crippen molar-refractivity contribution in [2.45, 2.75) is 4.34 Å². The van der Waals surface area contributed by atoms with E-state index in [1.165, 1.54) is 18.8 Å². The Morgan fingerprint density at radius 3 is 2.48 bits per heavy atom. The summed E-state index contributed by atoms with van der Waals surface area (Å²) in [5.41, 5.74) is 0.630. The third-order valence-electron chi connectivity index (χ3n) is 3.04. The van der Waals surface area contributed by atoms with Crippen molar-refractivity contribution in [3.63, 3.8) is 0 Å². The van der Waals surface area contributed by atoms with Crippen molar-refractivity contribution in [2.24, 2.45) is 0 Å². The highest BCUT2D eigenvalue weighted by atomic mass is 35.5. The Morgan fingerprint density at radius 2 is 1.85 bits per heavy atom. The zero-order chi connectivity index (χ0) is 20.0. The number of amides is 2. The molecule has 0 atom stereocenters. The highest BCUT2D eigenvalue weighted by Crippen LogP contribution is 2.25. The standard InChI is InChI=1S/C14H16ClN5O4S3/c1-20(27(2,23)24)7-11(21)17-13-18-19-14(26-13)25-8-12(22)16-10-5-3-9(15)4-6-10/h3-6H,7-8H2,1-2H3,(H,16,22)(H,17,18,21). The number of aromatic nitrogens is 2. The maximum Gasteiger partial charge on any atom is 0.241 e. The number of hydrogen-bond acceptors (Lipinski definition) is 8. The van der Waals surface area contributed by atoms with Gasteiger partial charge in [-0.2, -0.15) is 4.31 Å². The molecule has 0 aliphatic rings. The average Bonchev–Trinajstić information content (AvgIpc) is 3.01. The van der Waals surface area contributed by atoms with E-state index < -0.39 is 15.9 Å². The van der Waals surface area contributed by atoms with E-state index in [1.807, 2.05) is 0 Å². The van der Waals surface area contributed by atoms with Crippen LogP contribution in [0.25, 0.3) is 0 Å². The number of carbonyl (C=O) groups excluding carboxylic acids is 2. The second-order valence-electron chi connectivity index (χ2n) is 5.28. The Morgan fingerprint density at radius 1 is 1.19 bits per heavy atom. The predicted molar refractivity (Wildman–Crippen MR) is 107 cm³/mol. The number of nitrogens with zero attached hydrogens (tertiary/aromatic N) is 3. The molecule has 1 aromatic carbocycles. The molecule has 0 aliphatic heterocycles. The molecule has 0 bridgehead atoms. The minimum Gasteiger partial charge on any atom is -0.325 e. The summed E-state index contributed by atoms with van der Waals surface area (Å²) in [6.07, 6.45) is 1.01. The van der Waals surface area contributed by atoms with Gasteiger partial charge in [0.15, 0.2) is 4.34 Å². The van der Waals surface area contributed by atoms with Crippen molar-refractivity contribution < 1.29 is 18.0 Å². The third kappa shape index (κ3) is 7.42. The van der Waals surface area contributed by atoms with Crippen LogP contribution in [0.2, 0.25) is 5.02 Å². The average molecular weight is 450 g/mol. The zero-order valence-corrected chi connectivity index (χ0v) is 17.5. The van der Waals surface area contributed by atoms with Gasteiger partial charge in [-0.3, -0.25) is 14.9 Å². The van der Waals surface area contributed by atoms with Crippen LogP contribution in [0, 0.1) is 0 Å². The summed E-state index contributed by atoms with van der Waals surface area (Å²) in [4.78, 5) is 23.7. The SMILES string of the molecule is CN(CC(=O)Nc1nnc(SCC(=O)Nc2ccc(Cl)cc2)s1)S(C)(=O)=O. The fourth-order valence-electron chi connectivity index (χ4n) is 1.65. The molecule has 0 aliphatic carbocycles. The number of halogens is 1. The van der Waals surface area contributed by atoms with Crippen LogP contribution < -0.4 is 10.6 Å². The van der Waals surface area contributed by atoms with Crippen LogP contribution in [0.5, 0.6) is 0 Å². The molecule has 2 rings (SSSR count). The maximum atomic E-state index is 11.9. The molecule has 0 unspecified atom stereocenters. The minimum atomic E-state index is -3.45. The molecule has 2 N–H and O–H groups in total. The van der Waals surface area contributed by atoms with E-state index in [2.05, 4.69) is 20.8 Å². The van der Waals surface area contributed by atoms with Crippen LogP contribution in [0.1, 0.15) is 0 Å². The number of benzene rings is 1. The third-order valence-corrected chi connectivity index (χ3v) is 6.53. The summed E-state index contributed by atoms with van der Waals surface area (Å²) in [5, 5.41) is 13.7. The monoisotopic (exact) mass is 449 g/mol. The molecule has 0 saturated carbocycles. The summed E-state index contributed by atoms with van der Waals surface area (Å²) < 4.78 is 24.0. The number of nitrogens with one attached hydrogen (secondary N) is 2. The lowest BCUT2D eigenvalue weighted by molar-refractivity contribution is -0.116. The van der Waals surface area contributed by atoms with Gasteiger partial charge in [0.1, 0.15) is 0 Å². The fourth-order valence-corrected chi connectivity index (χ4v) is 3.70. The second kappa shape index (κ2) is 9.46. The quantitative estimate of drug-likeness (QED) is 0.465. The number of sulfonamides is 1. The van der Waals surface area contributed by atoms with Crippen molar-refractivity contribution in [2.75, 3.05) is 36.2 Å². The van der Waals surface area contributed by atoms with Gasteiger partial charge in [0.05, 0.1) is 18.6 Å². The number of anilines is 2. The number of likely N-dealkylation sites (N-methyl/N-ethyl adjacent to an activating group) is 1. The zero-order valence-electron chi connectivity index (χ0n) is 14.3. The topological polar surface area (TPSA) is 121 Å². The molecule has 9 nitrogen and oxygen atoms in total. The number of hydrogen-bond donors (Lipinski definition) is 2. The fraction of sp³-hybridized carbons (Fsp3) is 0.286. The molecule has 0 spiro atoms. The Balaban J connectivity index is 1.80. The van der Waals surface area contributed by atoms with Gasteiger partial charge in [-0.15, -0.1) is 10.2 Å². The second-order valence-corrected chi connectivity index (χ2v) is 10.0. The summed E-state index contributed by atoms with van der Waals surface area (Å²) in [6, 6.07) is 6.73. The first-order valence-corrected chi connectivity index (χ1v) is 11.4. The molecule has 13 heteroatoms. The van der Waals surface area contributed by atoms with E-state index in [1.54, 1.807) is 24.3 Å². The van der Waals surface area contributed by atoms with Crippen LogP contribution in [-0.4, -0.2) is 60.3 Å². The van der Waals surface area contributed by atoms with Crippen LogP contribution in [-0.2, 0) is 19.6 Å². The van der Waals surface area contributed by atoms with Crippen molar-refractivity contribution in [1.29, 1.82) is 0 Å². The van der Waals surface area contributed by atoms with E-state index in [-0.39, 0.29) is 23.3 Å². The molecule has 0 fully saturated rings. The largest absolute Gasteiger partial charge is 0.325 e. The van der Waals surface area contributed by atoms with E-state index in [0.29, 0.717) is 15.0 Å². The van der Waals surface area contributed by atoms with Gasteiger partial charge in [0.25, 0.3) is 0 Å². The number of rotatable bonds is 8. The van der Waals surface area contributed by atoms with Crippen molar-refractivity contribution in [3.05, 3.63) is 29.3 Å². The van der Waals surface area contributed by atoms with E-state index in [4.69, 9.17) is 11.6 Å². The van der Waals surface area contributed by atoms with Crippen LogP contribution >= 0.6 is 34.7 Å². The van der Waals surface area contributed by atoms with Gasteiger partial charge >= 0.3 is 0 Å². The van der Waals surface area contributed by atoms with Gasteiger partial charge in [-0.1, -0.05) is 34.7 Å². The molecular weight excluding hydrogens is 434 g/mol. The first-order valence-electron chi connectivity index (χ1n) is 7.36. The van der Waals surface area contributed by atoms with Crippen molar-refractivity contribution in [1.82, 2.24) is 14.5 Å². The summed E-state index contributed by atoms with van der Waals surface area (Å²) in [5.74, 6) is -0.642. The van der Waals surface area contributed by atoms with Gasteiger partial charge in [0, 0.05) is 17.8 Å². The smallest absolute Gasteiger partial charge is 0.241 e. The molecule has 27 heavy (non-hydrogen) atoms. The number of carbonyl (C=O) groups is 2. The highest BCUT2D eigenvalue weighted by Gasteiger charge is 2.17. The molecule has 0 radical (unpaired) electrons. The predicted octanol–water partition coefficient (Wildman–Crippen LogP) is 1.75. The minimum absolute atomic E-state index is 0.113. The first-order chi connectivity index (χ1) is 12.6. The molecule has 146 valence electrons. The Labute approximate surface area is 169 Å². The first kappa shape index (κ1) is 21.6. The lowest BCUT2D eigenvalue weighted by atomic mass is 10.3. The lowest BCUT2D eigenvalue weighted by Gasteiger charge is -2.12. The Hall–Kier alpha value is -1.73. The highest BCUT2D eigenvalue weighted by molar-refractivity contribution is 8.01. The molecule has 1 heterocycles. The molecule has 2 aromatic rings. The lowest BCUT2D eigenvalue weighted by Crippen LogP contribution is -2.34. The number of thioether (sulfide) groups is 1. The summed E-state index contributed by atoms with van der Waals surface area (Å²) >= 11 is 8.04. The molecule has 1 aromatic heterocycles. The Kier molecular flexibility index (Phi) is 7.56. The van der Waals surface area contributed by atoms with Crippen LogP contribution in [0.15, 0.2) is 28.6 Å². The van der Waals surface area contributed by atoms with Gasteiger partial charge in [-0.05, 0) is 24.3 Å². The van der Waals surface area contributed by atoms with E-state index in [0.717, 1.165) is 21.9 Å². The van der Waals surface area contributed by atoms with Gasteiger partial charge in [0.2, 0.25) is 27.0 Å². The van der Waals surface area contributed by atoms with Crippen molar-refractivity contribution >= 4 is 67.4 Å².